The zero-order valence-electron chi connectivity index (χ0n) is 20.7. The summed E-state index contributed by atoms with van der Waals surface area (Å²) in [5.74, 6) is -1.21. The van der Waals surface area contributed by atoms with Crippen LogP contribution in [0.3, 0.4) is 0 Å². The predicted octanol–water partition coefficient (Wildman–Crippen LogP) is 2.28. The Kier molecular flexibility index (Phi) is 9.11. The summed E-state index contributed by atoms with van der Waals surface area (Å²) in [6.07, 6.45) is 2.44. The molecule has 3 rings (SSSR count). The van der Waals surface area contributed by atoms with Crippen LogP contribution in [0.25, 0.3) is 10.8 Å². The average molecular weight is 467 g/mol. The van der Waals surface area contributed by atoms with E-state index in [1.807, 2.05) is 56.3 Å². The van der Waals surface area contributed by atoms with Crippen LogP contribution in [0, 0.1) is 5.92 Å². The number of nitrogens with one attached hydrogen (secondary N) is 2. The topological polar surface area (TPSA) is 102 Å². The normalized spacial score (nSPS) is 18.3. The van der Waals surface area contributed by atoms with Gasteiger partial charge in [0, 0.05) is 12.5 Å². The van der Waals surface area contributed by atoms with Crippen LogP contribution in [0.5, 0.6) is 0 Å². The minimum atomic E-state index is -1.67. The Labute approximate surface area is 203 Å². The van der Waals surface area contributed by atoms with Crippen molar-refractivity contribution in [2.24, 2.45) is 5.92 Å². The lowest BCUT2D eigenvalue weighted by molar-refractivity contribution is -0.132. The second-order valence-corrected chi connectivity index (χ2v) is 10.1. The van der Waals surface area contributed by atoms with Crippen molar-refractivity contribution in [2.45, 2.75) is 77.4 Å². The first-order valence-electron chi connectivity index (χ1n) is 12.4. The molecule has 1 saturated heterocycles. The van der Waals surface area contributed by atoms with Crippen molar-refractivity contribution in [3.05, 3.63) is 48.0 Å². The number of carbonyl (C=O) groups is 2. The first-order chi connectivity index (χ1) is 16.2. The highest BCUT2D eigenvalue weighted by molar-refractivity contribution is 6.43. The van der Waals surface area contributed by atoms with Gasteiger partial charge in [-0.3, -0.25) is 14.5 Å². The summed E-state index contributed by atoms with van der Waals surface area (Å²) in [5, 5.41) is 27.5. The Balaban J connectivity index is 1.86. The van der Waals surface area contributed by atoms with Crippen LogP contribution < -0.4 is 10.6 Å². The molecule has 0 bridgehead atoms. The second kappa shape index (κ2) is 11.8. The van der Waals surface area contributed by atoms with E-state index in [1.54, 1.807) is 0 Å². The lowest BCUT2D eigenvalue weighted by atomic mass is 9.75. The molecule has 34 heavy (non-hydrogen) atoms. The number of likely N-dealkylation sites (tertiary alicyclic amines) is 1. The highest BCUT2D eigenvalue weighted by Crippen LogP contribution is 2.22. The zero-order valence-corrected chi connectivity index (χ0v) is 20.7. The largest absolute Gasteiger partial charge is 0.475 e. The third-order valence-electron chi connectivity index (χ3n) is 6.61. The van der Waals surface area contributed by atoms with Crippen LogP contribution >= 0.6 is 0 Å². The lowest BCUT2D eigenvalue weighted by Gasteiger charge is -2.30. The maximum atomic E-state index is 13.4. The van der Waals surface area contributed by atoms with Crippen LogP contribution in [0.2, 0.25) is 0 Å². The maximum absolute atomic E-state index is 13.4. The number of hydrogen-bond acceptors (Lipinski definition) is 5. The van der Waals surface area contributed by atoms with Gasteiger partial charge in [-0.1, -0.05) is 56.3 Å². The molecular weight excluding hydrogens is 429 g/mol. The molecule has 1 aliphatic heterocycles. The Morgan fingerprint density at radius 1 is 1.06 bits per heavy atom. The molecule has 1 heterocycles. The van der Waals surface area contributed by atoms with Gasteiger partial charge in [-0.2, -0.15) is 0 Å². The number of benzene rings is 2. The standard InChI is InChI=1S/C26H38BN3O4/c1-17(2)15-24(27(33)34)29-25(31)22(28-26(32)23-13-8-14-30(23)18(3)4)16-20-11-7-10-19-9-5-6-12-21(19)20/h5-7,9-12,17-18,22-24,33-34H,8,13-16H2,1-4H3,(H,28,32)(H,29,31)/t22-,23-,24-/m0/s1. The van der Waals surface area contributed by atoms with Crippen LogP contribution in [0.4, 0.5) is 0 Å². The number of carbonyl (C=O) groups excluding carboxylic acids is 2. The predicted molar refractivity (Wildman–Crippen MR) is 136 cm³/mol. The number of rotatable bonds is 10. The van der Waals surface area contributed by atoms with Crippen molar-refractivity contribution in [3.63, 3.8) is 0 Å². The third-order valence-corrected chi connectivity index (χ3v) is 6.61. The quantitative estimate of drug-likeness (QED) is 0.402. The molecule has 0 radical (unpaired) electrons. The number of fused-ring (bicyclic) bond motifs is 1. The van der Waals surface area contributed by atoms with Gasteiger partial charge >= 0.3 is 7.12 Å². The van der Waals surface area contributed by atoms with E-state index in [1.165, 1.54) is 0 Å². The summed E-state index contributed by atoms with van der Waals surface area (Å²) < 4.78 is 0. The fourth-order valence-electron chi connectivity index (χ4n) is 4.90. The summed E-state index contributed by atoms with van der Waals surface area (Å²) in [4.78, 5) is 28.8. The number of nitrogens with zero attached hydrogens (tertiary/aromatic N) is 1. The minimum Gasteiger partial charge on any atom is -0.426 e. The van der Waals surface area contributed by atoms with Gasteiger partial charge in [0.1, 0.15) is 6.04 Å². The van der Waals surface area contributed by atoms with Crippen LogP contribution in [0.1, 0.15) is 52.5 Å². The third kappa shape index (κ3) is 6.59. The van der Waals surface area contributed by atoms with Gasteiger partial charge in [0.25, 0.3) is 0 Å². The molecular formula is C26H38BN3O4. The van der Waals surface area contributed by atoms with E-state index in [0.717, 1.165) is 35.7 Å². The lowest BCUT2D eigenvalue weighted by Crippen LogP contribution is -2.57. The van der Waals surface area contributed by atoms with E-state index in [2.05, 4.69) is 29.4 Å². The Bertz CT molecular complexity index is 976. The van der Waals surface area contributed by atoms with Crippen molar-refractivity contribution < 1.29 is 19.6 Å². The van der Waals surface area contributed by atoms with Gasteiger partial charge in [0.05, 0.1) is 12.0 Å². The van der Waals surface area contributed by atoms with Gasteiger partial charge in [-0.05, 0) is 61.9 Å². The van der Waals surface area contributed by atoms with Crippen molar-refractivity contribution in [2.75, 3.05) is 6.54 Å². The Morgan fingerprint density at radius 3 is 2.44 bits per heavy atom. The fourth-order valence-corrected chi connectivity index (χ4v) is 4.90. The number of amides is 2. The fraction of sp³-hybridized carbons (Fsp3) is 0.538. The molecule has 3 atom stereocenters. The SMILES string of the molecule is CC(C)C[C@H](NC(=O)[C@H](Cc1cccc2ccccc12)NC(=O)[C@@H]1CCCN1C(C)C)B(O)O. The van der Waals surface area contributed by atoms with Gasteiger partial charge in [0.2, 0.25) is 11.8 Å². The highest BCUT2D eigenvalue weighted by Gasteiger charge is 2.35. The van der Waals surface area contributed by atoms with Crippen molar-refractivity contribution in [3.8, 4) is 0 Å². The molecule has 2 aromatic rings. The van der Waals surface area contributed by atoms with Crippen molar-refractivity contribution >= 4 is 29.7 Å². The monoisotopic (exact) mass is 467 g/mol. The van der Waals surface area contributed by atoms with E-state index < -0.39 is 25.0 Å². The number of hydrogen-bond donors (Lipinski definition) is 4. The summed E-state index contributed by atoms with van der Waals surface area (Å²) in [5.41, 5.74) is 0.954. The van der Waals surface area contributed by atoms with Crippen LogP contribution in [0.15, 0.2) is 42.5 Å². The van der Waals surface area contributed by atoms with Gasteiger partial charge in [0.15, 0.2) is 0 Å². The molecule has 0 spiro atoms. The molecule has 1 fully saturated rings. The minimum absolute atomic E-state index is 0.156. The van der Waals surface area contributed by atoms with E-state index in [9.17, 15) is 19.6 Å². The molecule has 0 unspecified atom stereocenters. The first-order valence-corrected chi connectivity index (χ1v) is 12.4. The van der Waals surface area contributed by atoms with Crippen LogP contribution in [-0.2, 0) is 16.0 Å². The molecule has 2 amide bonds. The molecule has 2 aromatic carbocycles. The summed E-state index contributed by atoms with van der Waals surface area (Å²) in [7, 11) is -1.67. The molecule has 7 nitrogen and oxygen atoms in total. The molecule has 8 heteroatoms. The molecule has 0 aromatic heterocycles. The summed E-state index contributed by atoms with van der Waals surface area (Å²) in [6.45, 7) is 8.92. The smallest absolute Gasteiger partial charge is 0.426 e. The average Bonchev–Trinajstić information content (AvgIpc) is 3.28. The van der Waals surface area contributed by atoms with Gasteiger partial charge in [-0.25, -0.2) is 0 Å². The van der Waals surface area contributed by atoms with Gasteiger partial charge < -0.3 is 20.7 Å². The van der Waals surface area contributed by atoms with Crippen LogP contribution in [-0.4, -0.2) is 64.5 Å². The highest BCUT2D eigenvalue weighted by atomic mass is 16.4. The second-order valence-electron chi connectivity index (χ2n) is 10.1. The maximum Gasteiger partial charge on any atom is 0.475 e. The van der Waals surface area contributed by atoms with Crippen molar-refractivity contribution in [1.29, 1.82) is 0 Å². The Morgan fingerprint density at radius 2 is 1.76 bits per heavy atom. The first kappa shape index (κ1) is 26.2. The molecule has 0 aliphatic carbocycles. The van der Waals surface area contributed by atoms with E-state index in [4.69, 9.17) is 0 Å². The Hall–Kier alpha value is -2.42. The van der Waals surface area contributed by atoms with Gasteiger partial charge in [-0.15, -0.1) is 0 Å². The summed E-state index contributed by atoms with van der Waals surface area (Å²) in [6, 6.07) is 13.0. The molecule has 184 valence electrons. The van der Waals surface area contributed by atoms with Crippen molar-refractivity contribution in [1.82, 2.24) is 15.5 Å². The van der Waals surface area contributed by atoms with E-state index >= 15 is 0 Å². The summed E-state index contributed by atoms with van der Waals surface area (Å²) >= 11 is 0. The molecule has 4 N–H and O–H groups in total. The zero-order chi connectivity index (χ0) is 24.8. The molecule has 0 saturated carbocycles. The van der Waals surface area contributed by atoms with E-state index in [0.29, 0.717) is 12.8 Å². The van der Waals surface area contributed by atoms with E-state index in [-0.39, 0.29) is 23.9 Å². The molecule has 1 aliphatic rings.